The van der Waals surface area contributed by atoms with Crippen molar-refractivity contribution < 1.29 is 29.6 Å². The summed E-state index contributed by atoms with van der Waals surface area (Å²) in [6.07, 6.45) is -1.48. The van der Waals surface area contributed by atoms with E-state index >= 15 is 0 Å². The maximum atomic E-state index is 12.6. The normalized spacial score (nSPS) is 15.4. The van der Waals surface area contributed by atoms with Gasteiger partial charge in [0.1, 0.15) is 36.2 Å². The van der Waals surface area contributed by atoms with E-state index in [9.17, 15) is 24.9 Å². The molecule has 5 N–H and O–H groups in total. The number of aliphatic hydroxyl groups excluding tert-OH is 4. The van der Waals surface area contributed by atoms with Crippen LogP contribution in [0.25, 0.3) is 22.1 Å². The lowest BCUT2D eigenvalue weighted by Gasteiger charge is -2.26. The number of aromatic nitrogens is 1. The number of carbonyl (C=O) groups is 1. The van der Waals surface area contributed by atoms with Crippen molar-refractivity contribution in [2.45, 2.75) is 31.3 Å². The third kappa shape index (κ3) is 4.24. The molecule has 1 aromatic carbocycles. The highest BCUT2D eigenvalue weighted by molar-refractivity contribution is 5.88. The zero-order valence-corrected chi connectivity index (χ0v) is 16.1. The van der Waals surface area contributed by atoms with Crippen molar-refractivity contribution in [1.82, 2.24) is 4.98 Å². The van der Waals surface area contributed by atoms with Gasteiger partial charge in [-0.2, -0.15) is 0 Å². The molecule has 0 aliphatic heterocycles. The van der Waals surface area contributed by atoms with Crippen LogP contribution >= 0.6 is 0 Å². The summed E-state index contributed by atoms with van der Waals surface area (Å²) >= 11 is 0. The van der Waals surface area contributed by atoms with Crippen molar-refractivity contribution >= 4 is 22.9 Å². The monoisotopic (exact) mass is 414 g/mol. The molecule has 0 aliphatic carbocycles. The molecule has 0 saturated carbocycles. The lowest BCUT2D eigenvalue weighted by atomic mass is 9.99. The number of hydrogen-bond acceptors (Lipinski definition) is 9. The molecule has 9 heteroatoms. The number of aliphatic hydroxyl groups is 4. The van der Waals surface area contributed by atoms with Crippen LogP contribution in [-0.4, -0.2) is 62.7 Å². The van der Waals surface area contributed by atoms with Crippen LogP contribution in [0.2, 0.25) is 0 Å². The molecule has 0 saturated heterocycles. The molecular weight excluding hydrogens is 392 g/mol. The van der Waals surface area contributed by atoms with E-state index in [1.54, 1.807) is 43.6 Å². The number of anilines is 1. The Balaban J connectivity index is 1.94. The van der Waals surface area contributed by atoms with E-state index in [1.807, 2.05) is 0 Å². The first-order chi connectivity index (χ1) is 14.4. The van der Waals surface area contributed by atoms with Crippen molar-refractivity contribution in [2.75, 3.05) is 11.9 Å². The fourth-order valence-electron chi connectivity index (χ4n) is 3.24. The van der Waals surface area contributed by atoms with Gasteiger partial charge in [-0.1, -0.05) is 0 Å². The van der Waals surface area contributed by atoms with Crippen molar-refractivity contribution in [3.63, 3.8) is 0 Å². The first kappa shape index (κ1) is 21.6. The zero-order valence-electron chi connectivity index (χ0n) is 16.1. The maximum Gasteiger partial charge on any atom is 0.344 e. The smallest absolute Gasteiger partial charge is 0.344 e. The summed E-state index contributed by atoms with van der Waals surface area (Å²) in [5, 5.41) is 41.7. The summed E-state index contributed by atoms with van der Waals surface area (Å²) < 4.78 is 5.46. The zero-order chi connectivity index (χ0) is 21.8. The molecule has 30 heavy (non-hydrogen) atoms. The topological polar surface area (TPSA) is 153 Å². The van der Waals surface area contributed by atoms with E-state index in [0.717, 1.165) is 0 Å². The Bertz CT molecular complexity index is 1080. The second-order valence-corrected chi connectivity index (χ2v) is 6.87. The maximum absolute atomic E-state index is 12.6. The largest absolute Gasteiger partial charge is 0.422 e. The van der Waals surface area contributed by atoms with Crippen LogP contribution in [0.4, 0.5) is 5.69 Å². The Kier molecular flexibility index (Phi) is 6.58. The summed E-state index contributed by atoms with van der Waals surface area (Å²) in [5.41, 5.74) is 1.91. The van der Waals surface area contributed by atoms with Gasteiger partial charge in [0.25, 0.3) is 0 Å². The first-order valence-corrected chi connectivity index (χ1v) is 9.22. The minimum Gasteiger partial charge on any atom is -0.422 e. The molecule has 4 atom stereocenters. The van der Waals surface area contributed by atoms with Gasteiger partial charge < -0.3 is 35.0 Å². The Hall–Kier alpha value is -3.11. The number of benzene rings is 1. The number of aryl methyl sites for hydroxylation is 1. The molecule has 2 aromatic heterocycles. The number of nitrogens with zero attached hydrogens (tertiary/aromatic N) is 1. The average Bonchev–Trinajstić information content (AvgIpc) is 2.76. The SMILES string of the molecule is Cc1c(-c2ccncc2)c(=O)oc2cc(N[C@H](C=O)[C@H](O)[C@@H](O)[C@@H](O)CO)ccc12. The summed E-state index contributed by atoms with van der Waals surface area (Å²) in [6.45, 7) is 1.02. The molecule has 0 unspecified atom stereocenters. The van der Waals surface area contributed by atoms with Gasteiger partial charge in [0, 0.05) is 29.5 Å². The standard InChI is InChI=1S/C21H22N2O7/c1-11-14-3-2-13(23-15(9-24)19(27)20(28)16(26)10-25)8-17(14)30-21(29)18(11)12-4-6-22-7-5-12/h2-9,15-16,19-20,23,25-28H,10H2,1H3/t15-,16+,19+,20+/m1/s1. The van der Waals surface area contributed by atoms with Crippen LogP contribution in [0.3, 0.4) is 0 Å². The number of aldehydes is 1. The molecule has 3 aromatic rings. The molecule has 9 nitrogen and oxygen atoms in total. The number of nitrogens with one attached hydrogen (secondary N) is 1. The van der Waals surface area contributed by atoms with Gasteiger partial charge in [-0.3, -0.25) is 4.98 Å². The van der Waals surface area contributed by atoms with Gasteiger partial charge in [0.05, 0.1) is 12.2 Å². The number of fused-ring (bicyclic) bond motifs is 1. The fourth-order valence-corrected chi connectivity index (χ4v) is 3.24. The highest BCUT2D eigenvalue weighted by Crippen LogP contribution is 2.28. The third-order valence-corrected chi connectivity index (χ3v) is 4.92. The molecule has 158 valence electrons. The molecule has 3 rings (SSSR count). The van der Waals surface area contributed by atoms with Gasteiger partial charge in [-0.15, -0.1) is 0 Å². The summed E-state index contributed by atoms with van der Waals surface area (Å²) in [5.74, 6) is 0. The molecular formula is C21H22N2O7. The van der Waals surface area contributed by atoms with Crippen LogP contribution in [0.15, 0.2) is 51.9 Å². The van der Waals surface area contributed by atoms with Crippen molar-refractivity contribution in [2.24, 2.45) is 0 Å². The second kappa shape index (κ2) is 9.14. The lowest BCUT2D eigenvalue weighted by molar-refractivity contribution is -0.117. The number of rotatable bonds is 8. The minimum absolute atomic E-state index is 0.274. The lowest BCUT2D eigenvalue weighted by Crippen LogP contribution is -2.49. The third-order valence-electron chi connectivity index (χ3n) is 4.92. The Labute approximate surface area is 171 Å². The highest BCUT2D eigenvalue weighted by atomic mass is 16.4. The van der Waals surface area contributed by atoms with Crippen molar-refractivity contribution in [3.8, 4) is 11.1 Å². The first-order valence-electron chi connectivity index (χ1n) is 9.22. The Morgan fingerprint density at radius 1 is 1.13 bits per heavy atom. The predicted octanol–water partition coefficient (Wildman–Crippen LogP) is 0.218. The minimum atomic E-state index is -1.73. The van der Waals surface area contributed by atoms with E-state index < -0.39 is 36.6 Å². The fraction of sp³-hybridized carbons (Fsp3) is 0.286. The second-order valence-electron chi connectivity index (χ2n) is 6.87. The van der Waals surface area contributed by atoms with Crippen LogP contribution in [0.1, 0.15) is 5.56 Å². The van der Waals surface area contributed by atoms with E-state index in [1.165, 1.54) is 6.07 Å². The summed E-state index contributed by atoms with van der Waals surface area (Å²) in [6, 6.07) is 6.98. The Morgan fingerprint density at radius 2 is 1.83 bits per heavy atom. The van der Waals surface area contributed by atoms with Crippen LogP contribution in [0.5, 0.6) is 0 Å². The Morgan fingerprint density at radius 3 is 2.47 bits per heavy atom. The van der Waals surface area contributed by atoms with Gasteiger partial charge in [0.2, 0.25) is 0 Å². The van der Waals surface area contributed by atoms with Crippen molar-refractivity contribution in [1.29, 1.82) is 0 Å². The van der Waals surface area contributed by atoms with Crippen LogP contribution in [-0.2, 0) is 4.79 Å². The average molecular weight is 414 g/mol. The van der Waals surface area contributed by atoms with Crippen molar-refractivity contribution in [3.05, 3.63) is 58.7 Å². The van der Waals surface area contributed by atoms with Gasteiger partial charge in [-0.05, 0) is 42.3 Å². The molecule has 0 amide bonds. The van der Waals surface area contributed by atoms with Gasteiger partial charge in [0.15, 0.2) is 0 Å². The number of pyridine rings is 1. The van der Waals surface area contributed by atoms with E-state index in [2.05, 4.69) is 10.3 Å². The number of hydrogen-bond donors (Lipinski definition) is 5. The molecule has 0 bridgehead atoms. The van der Waals surface area contributed by atoms with Crippen LogP contribution < -0.4 is 10.9 Å². The van der Waals surface area contributed by atoms with E-state index in [4.69, 9.17) is 9.52 Å². The van der Waals surface area contributed by atoms with E-state index in [0.29, 0.717) is 34.1 Å². The van der Waals surface area contributed by atoms with Crippen LogP contribution in [0, 0.1) is 6.92 Å². The quantitative estimate of drug-likeness (QED) is 0.257. The van der Waals surface area contributed by atoms with E-state index in [-0.39, 0.29) is 5.58 Å². The summed E-state index contributed by atoms with van der Waals surface area (Å²) in [7, 11) is 0. The molecule has 0 spiro atoms. The summed E-state index contributed by atoms with van der Waals surface area (Å²) in [4.78, 5) is 27.9. The number of carbonyl (C=O) groups excluding carboxylic acids is 1. The molecule has 0 aliphatic rings. The molecule has 0 fully saturated rings. The molecule has 0 radical (unpaired) electrons. The molecule has 2 heterocycles. The predicted molar refractivity (Wildman–Crippen MR) is 109 cm³/mol. The van der Waals surface area contributed by atoms with Gasteiger partial charge >= 0.3 is 5.63 Å². The van der Waals surface area contributed by atoms with Gasteiger partial charge in [-0.25, -0.2) is 4.79 Å². The highest BCUT2D eigenvalue weighted by Gasteiger charge is 2.31.